The normalized spacial score (nSPS) is 17.2. The first-order valence-electron chi connectivity index (χ1n) is 8.55. The largest absolute Gasteiger partial charge is 0.348 e. The zero-order valence-corrected chi connectivity index (χ0v) is 17.0. The van der Waals surface area contributed by atoms with Gasteiger partial charge in [-0.05, 0) is 42.0 Å². The van der Waals surface area contributed by atoms with Crippen molar-refractivity contribution in [1.82, 2.24) is 8.87 Å². The van der Waals surface area contributed by atoms with Crippen LogP contribution in [0.2, 0.25) is 0 Å². The average molecular weight is 462 g/mol. The van der Waals surface area contributed by atoms with Crippen molar-refractivity contribution in [2.45, 2.75) is 17.5 Å². The predicted octanol–water partition coefficient (Wildman–Crippen LogP) is 3.95. The second-order valence-electron chi connectivity index (χ2n) is 6.45. The van der Waals surface area contributed by atoms with E-state index >= 15 is 0 Å². The van der Waals surface area contributed by atoms with Crippen molar-refractivity contribution in [2.75, 3.05) is 6.54 Å². The van der Waals surface area contributed by atoms with Crippen LogP contribution in [0, 0.1) is 10.1 Å². The third kappa shape index (κ3) is 3.25. The lowest BCUT2D eigenvalue weighted by atomic mass is 10.0. The molecule has 0 saturated heterocycles. The summed E-state index contributed by atoms with van der Waals surface area (Å²) in [5, 5.41) is 10.9. The monoisotopic (exact) mass is 461 g/mol. The Morgan fingerprint density at radius 2 is 1.68 bits per heavy atom. The molecule has 0 radical (unpaired) electrons. The van der Waals surface area contributed by atoms with Crippen LogP contribution < -0.4 is 0 Å². The van der Waals surface area contributed by atoms with E-state index in [-0.39, 0.29) is 10.6 Å². The van der Waals surface area contributed by atoms with Gasteiger partial charge < -0.3 is 4.57 Å². The van der Waals surface area contributed by atoms with Crippen molar-refractivity contribution < 1.29 is 13.3 Å². The highest BCUT2D eigenvalue weighted by molar-refractivity contribution is 9.10. The highest BCUT2D eigenvalue weighted by Gasteiger charge is 2.37. The van der Waals surface area contributed by atoms with Gasteiger partial charge in [0.1, 0.15) is 0 Å². The summed E-state index contributed by atoms with van der Waals surface area (Å²) in [7, 11) is -3.85. The van der Waals surface area contributed by atoms with Gasteiger partial charge in [-0.15, -0.1) is 0 Å². The van der Waals surface area contributed by atoms with E-state index in [0.717, 1.165) is 15.7 Å². The second kappa shape index (κ2) is 7.16. The smallest absolute Gasteiger partial charge is 0.269 e. The number of sulfonamides is 1. The summed E-state index contributed by atoms with van der Waals surface area (Å²) in [5.74, 6) is 0. The van der Waals surface area contributed by atoms with Crippen molar-refractivity contribution in [3.8, 4) is 0 Å². The number of nitro benzene ring substituents is 1. The number of hydrogen-bond donors (Lipinski definition) is 0. The van der Waals surface area contributed by atoms with Crippen molar-refractivity contribution >= 4 is 31.6 Å². The SMILES string of the molecule is O=[N+]([O-])c1ccc(S(=O)(=O)N2CCn3cccc3[C@@H]2c2ccc(Br)cc2)cc1. The van der Waals surface area contributed by atoms with Crippen LogP contribution in [0.25, 0.3) is 0 Å². The molecule has 3 aromatic rings. The lowest BCUT2D eigenvalue weighted by Gasteiger charge is -2.36. The van der Waals surface area contributed by atoms with Gasteiger partial charge >= 0.3 is 0 Å². The van der Waals surface area contributed by atoms with E-state index in [4.69, 9.17) is 0 Å². The summed E-state index contributed by atoms with van der Waals surface area (Å²) in [6.07, 6.45) is 1.94. The fourth-order valence-corrected chi connectivity index (χ4v) is 5.32. The van der Waals surface area contributed by atoms with Gasteiger partial charge in [0.05, 0.1) is 15.9 Å². The Bertz CT molecular complexity index is 1120. The van der Waals surface area contributed by atoms with E-state index in [1.54, 1.807) is 0 Å². The quantitative estimate of drug-likeness (QED) is 0.434. The summed E-state index contributed by atoms with van der Waals surface area (Å²) in [6.45, 7) is 0.851. The molecule has 0 aliphatic carbocycles. The van der Waals surface area contributed by atoms with E-state index in [1.165, 1.54) is 28.6 Å². The molecule has 0 bridgehead atoms. The molecule has 0 fully saturated rings. The van der Waals surface area contributed by atoms with Crippen LogP contribution in [0.4, 0.5) is 5.69 Å². The number of fused-ring (bicyclic) bond motifs is 1. The van der Waals surface area contributed by atoms with Gasteiger partial charge in [0.25, 0.3) is 5.69 Å². The Labute approximate surface area is 170 Å². The van der Waals surface area contributed by atoms with Gasteiger partial charge in [-0.25, -0.2) is 8.42 Å². The third-order valence-electron chi connectivity index (χ3n) is 4.83. The molecule has 1 aliphatic heterocycles. The first-order chi connectivity index (χ1) is 13.4. The van der Waals surface area contributed by atoms with Gasteiger partial charge in [0.15, 0.2) is 0 Å². The number of non-ortho nitro benzene ring substituents is 1. The van der Waals surface area contributed by atoms with Crippen molar-refractivity contribution in [2.24, 2.45) is 0 Å². The molecule has 1 atom stereocenters. The van der Waals surface area contributed by atoms with Crippen LogP contribution in [0.1, 0.15) is 17.3 Å². The maximum atomic E-state index is 13.4. The van der Waals surface area contributed by atoms with Crippen molar-refractivity contribution in [1.29, 1.82) is 0 Å². The Hall–Kier alpha value is -2.49. The molecule has 144 valence electrons. The average Bonchev–Trinajstić information content (AvgIpc) is 3.17. The van der Waals surface area contributed by atoms with E-state index in [2.05, 4.69) is 20.5 Å². The Morgan fingerprint density at radius 1 is 1.00 bits per heavy atom. The van der Waals surface area contributed by atoms with Crippen LogP contribution in [0.5, 0.6) is 0 Å². The molecule has 2 aromatic carbocycles. The van der Waals surface area contributed by atoms with E-state index in [9.17, 15) is 18.5 Å². The maximum Gasteiger partial charge on any atom is 0.269 e. The van der Waals surface area contributed by atoms with Gasteiger partial charge in [0.2, 0.25) is 10.0 Å². The summed E-state index contributed by atoms with van der Waals surface area (Å²) in [5.41, 5.74) is 1.60. The Balaban J connectivity index is 1.80. The summed E-state index contributed by atoms with van der Waals surface area (Å²) in [4.78, 5) is 10.4. The fourth-order valence-electron chi connectivity index (χ4n) is 3.48. The van der Waals surface area contributed by atoms with Gasteiger partial charge in [0, 0.05) is 41.6 Å². The molecular weight excluding hydrogens is 446 g/mol. The topological polar surface area (TPSA) is 85.4 Å². The zero-order chi connectivity index (χ0) is 19.9. The van der Waals surface area contributed by atoms with E-state index in [0.29, 0.717) is 13.1 Å². The molecule has 0 spiro atoms. The molecular formula is C19H16BrN3O4S. The number of aromatic nitrogens is 1. The number of hydrogen-bond acceptors (Lipinski definition) is 4. The molecule has 28 heavy (non-hydrogen) atoms. The summed E-state index contributed by atoms with van der Waals surface area (Å²) < 4.78 is 31.2. The molecule has 0 amide bonds. The van der Waals surface area contributed by atoms with Gasteiger partial charge in [-0.1, -0.05) is 28.1 Å². The number of benzene rings is 2. The molecule has 1 aromatic heterocycles. The summed E-state index contributed by atoms with van der Waals surface area (Å²) >= 11 is 3.41. The lowest BCUT2D eigenvalue weighted by molar-refractivity contribution is -0.384. The van der Waals surface area contributed by atoms with Crippen LogP contribution in [0.15, 0.2) is 76.2 Å². The van der Waals surface area contributed by atoms with Crippen LogP contribution in [-0.4, -0.2) is 28.8 Å². The Kier molecular flexibility index (Phi) is 4.82. The highest BCUT2D eigenvalue weighted by Crippen LogP contribution is 2.37. The standard InChI is InChI=1S/C19H16BrN3O4S/c20-15-5-3-14(4-6-15)19-18-2-1-11-21(18)12-13-22(19)28(26,27)17-9-7-16(8-10-17)23(24)25/h1-11,19H,12-13H2/t19-/m0/s1. The molecule has 1 aliphatic rings. The van der Waals surface area contributed by atoms with Crippen molar-refractivity contribution in [3.05, 3.63) is 92.7 Å². The number of rotatable bonds is 4. The minimum absolute atomic E-state index is 0.0419. The predicted molar refractivity (Wildman–Crippen MR) is 107 cm³/mol. The lowest BCUT2D eigenvalue weighted by Crippen LogP contribution is -2.42. The molecule has 9 heteroatoms. The Morgan fingerprint density at radius 3 is 2.32 bits per heavy atom. The first-order valence-corrected chi connectivity index (χ1v) is 10.8. The molecule has 0 unspecified atom stereocenters. The van der Waals surface area contributed by atoms with Crippen LogP contribution in [-0.2, 0) is 16.6 Å². The molecule has 0 N–H and O–H groups in total. The van der Waals surface area contributed by atoms with E-state index in [1.807, 2.05) is 42.6 Å². The van der Waals surface area contributed by atoms with Gasteiger partial charge in [-0.2, -0.15) is 4.31 Å². The minimum atomic E-state index is -3.85. The third-order valence-corrected chi connectivity index (χ3v) is 7.24. The highest BCUT2D eigenvalue weighted by atomic mass is 79.9. The van der Waals surface area contributed by atoms with Crippen molar-refractivity contribution in [3.63, 3.8) is 0 Å². The number of nitro groups is 1. The number of halogens is 1. The zero-order valence-electron chi connectivity index (χ0n) is 14.6. The summed E-state index contributed by atoms with van der Waals surface area (Å²) in [6, 6.07) is 15.9. The first kappa shape index (κ1) is 18.9. The van der Waals surface area contributed by atoms with Gasteiger partial charge in [-0.3, -0.25) is 10.1 Å². The minimum Gasteiger partial charge on any atom is -0.348 e. The maximum absolute atomic E-state index is 13.4. The molecule has 7 nitrogen and oxygen atoms in total. The fraction of sp³-hybridized carbons (Fsp3) is 0.158. The molecule has 2 heterocycles. The molecule has 0 saturated carbocycles. The second-order valence-corrected chi connectivity index (χ2v) is 9.25. The van der Waals surface area contributed by atoms with E-state index < -0.39 is 21.0 Å². The van der Waals surface area contributed by atoms with Crippen LogP contribution in [0.3, 0.4) is 0 Å². The number of nitrogens with zero attached hydrogens (tertiary/aromatic N) is 3. The van der Waals surface area contributed by atoms with Crippen LogP contribution >= 0.6 is 15.9 Å². The molecule has 4 rings (SSSR count).